The van der Waals surface area contributed by atoms with Gasteiger partial charge in [0.05, 0.1) is 6.04 Å². The third kappa shape index (κ3) is 3.74. The second-order valence-electron chi connectivity index (χ2n) is 3.44. The van der Waals surface area contributed by atoms with Gasteiger partial charge in [0.25, 0.3) is 0 Å². The number of piperidine rings is 1. The Morgan fingerprint density at radius 3 is 3.00 bits per heavy atom. The van der Waals surface area contributed by atoms with Crippen LogP contribution >= 0.6 is 0 Å². The molecule has 13 heavy (non-hydrogen) atoms. The molecule has 0 saturated carbocycles. The summed E-state index contributed by atoms with van der Waals surface area (Å²) in [5.74, 6) is 0.133. The van der Waals surface area contributed by atoms with Crippen molar-refractivity contribution >= 4 is 5.91 Å². The Hall–Kier alpha value is -0.610. The van der Waals surface area contributed by atoms with Gasteiger partial charge in [-0.1, -0.05) is 6.42 Å². The lowest BCUT2D eigenvalue weighted by molar-refractivity contribution is -0.123. The Morgan fingerprint density at radius 1 is 1.54 bits per heavy atom. The van der Waals surface area contributed by atoms with Gasteiger partial charge in [0.15, 0.2) is 0 Å². The molecule has 0 bridgehead atoms. The van der Waals surface area contributed by atoms with Crippen molar-refractivity contribution in [3.05, 3.63) is 0 Å². The molecule has 0 radical (unpaired) electrons. The highest BCUT2D eigenvalue weighted by atomic mass is 16.2. The summed E-state index contributed by atoms with van der Waals surface area (Å²) in [6.07, 6.45) is 4.17. The van der Waals surface area contributed by atoms with Crippen LogP contribution < -0.4 is 16.4 Å². The second kappa shape index (κ2) is 5.94. The SMILES string of the molecule is NCCCNC(=O)C1CCCCN1. The minimum Gasteiger partial charge on any atom is -0.355 e. The molecular weight excluding hydrogens is 166 g/mol. The quantitative estimate of drug-likeness (QED) is 0.522. The standard InChI is InChI=1S/C9H19N3O/c10-5-3-7-12-9(13)8-4-1-2-6-11-8/h8,11H,1-7,10H2,(H,12,13). The van der Waals surface area contributed by atoms with Crippen LogP contribution in [-0.4, -0.2) is 31.6 Å². The maximum absolute atomic E-state index is 11.5. The zero-order valence-electron chi connectivity index (χ0n) is 8.01. The highest BCUT2D eigenvalue weighted by molar-refractivity contribution is 5.81. The predicted octanol–water partition coefficient (Wildman–Crippen LogP) is -0.406. The summed E-state index contributed by atoms with van der Waals surface area (Å²) in [5.41, 5.74) is 5.33. The van der Waals surface area contributed by atoms with E-state index in [0.717, 1.165) is 25.8 Å². The van der Waals surface area contributed by atoms with E-state index >= 15 is 0 Å². The average Bonchev–Trinajstić information content (AvgIpc) is 2.19. The first-order chi connectivity index (χ1) is 6.34. The predicted molar refractivity (Wildman–Crippen MR) is 52.3 cm³/mol. The molecule has 4 N–H and O–H groups in total. The maximum Gasteiger partial charge on any atom is 0.237 e. The molecule has 0 aliphatic carbocycles. The molecule has 1 amide bonds. The van der Waals surface area contributed by atoms with Crippen LogP contribution in [-0.2, 0) is 4.79 Å². The Labute approximate surface area is 79.3 Å². The molecule has 1 aliphatic heterocycles. The van der Waals surface area contributed by atoms with Gasteiger partial charge in [-0.3, -0.25) is 4.79 Å². The van der Waals surface area contributed by atoms with Gasteiger partial charge >= 0.3 is 0 Å². The molecule has 0 aromatic heterocycles. The van der Waals surface area contributed by atoms with Gasteiger partial charge in [-0.05, 0) is 32.4 Å². The summed E-state index contributed by atoms with van der Waals surface area (Å²) in [4.78, 5) is 11.5. The van der Waals surface area contributed by atoms with Crippen molar-refractivity contribution in [3.63, 3.8) is 0 Å². The lowest BCUT2D eigenvalue weighted by Crippen LogP contribution is -2.46. The lowest BCUT2D eigenvalue weighted by atomic mass is 10.0. The summed E-state index contributed by atoms with van der Waals surface area (Å²) in [6, 6.07) is 0.0338. The molecule has 4 heteroatoms. The normalized spacial score (nSPS) is 22.7. The summed E-state index contributed by atoms with van der Waals surface area (Å²) < 4.78 is 0. The van der Waals surface area contributed by atoms with Crippen LogP contribution in [0.1, 0.15) is 25.7 Å². The molecule has 1 atom stereocenters. The van der Waals surface area contributed by atoms with E-state index in [1.54, 1.807) is 0 Å². The fourth-order valence-corrected chi connectivity index (χ4v) is 1.51. The van der Waals surface area contributed by atoms with Crippen molar-refractivity contribution in [2.45, 2.75) is 31.7 Å². The second-order valence-corrected chi connectivity index (χ2v) is 3.44. The highest BCUT2D eigenvalue weighted by Crippen LogP contribution is 2.06. The van der Waals surface area contributed by atoms with Gasteiger partial charge in [-0.15, -0.1) is 0 Å². The number of carbonyl (C=O) groups excluding carboxylic acids is 1. The average molecular weight is 185 g/mol. The molecule has 0 aromatic rings. The fourth-order valence-electron chi connectivity index (χ4n) is 1.51. The molecule has 1 aliphatic rings. The smallest absolute Gasteiger partial charge is 0.237 e. The Kier molecular flexibility index (Phi) is 4.78. The summed E-state index contributed by atoms with van der Waals surface area (Å²) in [7, 11) is 0. The van der Waals surface area contributed by atoms with Gasteiger partial charge in [-0.2, -0.15) is 0 Å². The molecule has 1 saturated heterocycles. The summed E-state index contributed by atoms with van der Waals surface area (Å²) in [5, 5.41) is 6.07. The Bertz CT molecular complexity index is 155. The van der Waals surface area contributed by atoms with Crippen LogP contribution in [0.2, 0.25) is 0 Å². The van der Waals surface area contributed by atoms with Crippen molar-refractivity contribution < 1.29 is 4.79 Å². The van der Waals surface area contributed by atoms with Crippen molar-refractivity contribution in [3.8, 4) is 0 Å². The van der Waals surface area contributed by atoms with Gasteiger partial charge in [0.1, 0.15) is 0 Å². The number of hydrogen-bond acceptors (Lipinski definition) is 3. The van der Waals surface area contributed by atoms with Crippen molar-refractivity contribution in [2.24, 2.45) is 5.73 Å². The largest absolute Gasteiger partial charge is 0.355 e. The molecule has 1 unspecified atom stereocenters. The zero-order chi connectivity index (χ0) is 9.52. The van der Waals surface area contributed by atoms with Gasteiger partial charge in [0, 0.05) is 6.54 Å². The Balaban J connectivity index is 2.13. The number of carbonyl (C=O) groups is 1. The van der Waals surface area contributed by atoms with Gasteiger partial charge < -0.3 is 16.4 Å². The van der Waals surface area contributed by atoms with Crippen molar-refractivity contribution in [1.29, 1.82) is 0 Å². The van der Waals surface area contributed by atoms with E-state index in [2.05, 4.69) is 10.6 Å². The number of nitrogens with two attached hydrogens (primary N) is 1. The van der Waals surface area contributed by atoms with E-state index in [-0.39, 0.29) is 11.9 Å². The molecule has 1 rings (SSSR count). The minimum absolute atomic E-state index is 0.0338. The molecule has 1 heterocycles. The third-order valence-electron chi connectivity index (χ3n) is 2.31. The molecule has 1 fully saturated rings. The van der Waals surface area contributed by atoms with Crippen LogP contribution in [0.4, 0.5) is 0 Å². The van der Waals surface area contributed by atoms with Crippen LogP contribution in [0, 0.1) is 0 Å². The molecule has 0 spiro atoms. The molecule has 0 aromatic carbocycles. The van der Waals surface area contributed by atoms with E-state index in [4.69, 9.17) is 5.73 Å². The van der Waals surface area contributed by atoms with Crippen molar-refractivity contribution in [1.82, 2.24) is 10.6 Å². The van der Waals surface area contributed by atoms with Crippen LogP contribution in [0.5, 0.6) is 0 Å². The maximum atomic E-state index is 11.5. The van der Waals surface area contributed by atoms with Crippen LogP contribution in [0.3, 0.4) is 0 Å². The van der Waals surface area contributed by atoms with Gasteiger partial charge in [0.2, 0.25) is 5.91 Å². The first-order valence-corrected chi connectivity index (χ1v) is 5.06. The topological polar surface area (TPSA) is 67.1 Å². The van der Waals surface area contributed by atoms with E-state index in [0.29, 0.717) is 13.1 Å². The van der Waals surface area contributed by atoms with Crippen molar-refractivity contribution in [2.75, 3.05) is 19.6 Å². The zero-order valence-corrected chi connectivity index (χ0v) is 8.01. The summed E-state index contributed by atoms with van der Waals surface area (Å²) >= 11 is 0. The monoisotopic (exact) mass is 185 g/mol. The number of hydrogen-bond donors (Lipinski definition) is 3. The lowest BCUT2D eigenvalue weighted by Gasteiger charge is -2.22. The molecule has 4 nitrogen and oxygen atoms in total. The Morgan fingerprint density at radius 2 is 2.38 bits per heavy atom. The van der Waals surface area contributed by atoms with E-state index in [9.17, 15) is 4.79 Å². The number of rotatable bonds is 4. The molecular formula is C9H19N3O. The fraction of sp³-hybridized carbons (Fsp3) is 0.889. The van der Waals surface area contributed by atoms with Crippen LogP contribution in [0.15, 0.2) is 0 Å². The van der Waals surface area contributed by atoms with E-state index < -0.39 is 0 Å². The molecule has 76 valence electrons. The van der Waals surface area contributed by atoms with E-state index in [1.165, 1.54) is 6.42 Å². The first-order valence-electron chi connectivity index (χ1n) is 5.06. The number of amides is 1. The minimum atomic E-state index is 0.0338. The number of nitrogens with one attached hydrogen (secondary N) is 2. The summed E-state index contributed by atoms with van der Waals surface area (Å²) in [6.45, 7) is 2.31. The highest BCUT2D eigenvalue weighted by Gasteiger charge is 2.19. The van der Waals surface area contributed by atoms with E-state index in [1.807, 2.05) is 0 Å². The van der Waals surface area contributed by atoms with Gasteiger partial charge in [-0.25, -0.2) is 0 Å². The first kappa shape index (κ1) is 10.5. The van der Waals surface area contributed by atoms with Crippen LogP contribution in [0.25, 0.3) is 0 Å². The third-order valence-corrected chi connectivity index (χ3v) is 2.31.